The first kappa shape index (κ1) is 8.35. The highest BCUT2D eigenvalue weighted by Gasteiger charge is 2.54. The summed E-state index contributed by atoms with van der Waals surface area (Å²) in [6, 6.07) is 0. The van der Waals surface area contributed by atoms with Gasteiger partial charge in [0.05, 0.1) is 0 Å². The summed E-state index contributed by atoms with van der Waals surface area (Å²) in [4.78, 5) is 0. The molecule has 0 radical (unpaired) electrons. The molecule has 1 rings (SSSR count). The maximum absolute atomic E-state index is 2.29. The number of thioether (sulfide) groups is 1. The van der Waals surface area contributed by atoms with Crippen LogP contribution in [0.2, 0.25) is 0 Å². The molecule has 1 aliphatic rings. The van der Waals surface area contributed by atoms with Crippen LogP contribution in [0.4, 0.5) is 0 Å². The van der Waals surface area contributed by atoms with E-state index in [9.17, 15) is 0 Å². The van der Waals surface area contributed by atoms with E-state index in [1.807, 2.05) is 0 Å². The molecule has 0 N–H and O–H groups in total. The van der Waals surface area contributed by atoms with E-state index in [-0.39, 0.29) is 7.43 Å². The molecule has 0 aromatic heterocycles. The molecular weight excluding hydrogens is 116 g/mol. The SMILES string of the molecule is C.CC1(C)SC1(C)C. The first-order valence-electron chi connectivity index (χ1n) is 2.66. The summed E-state index contributed by atoms with van der Waals surface area (Å²) >= 11 is 2.05. The van der Waals surface area contributed by atoms with Crippen molar-refractivity contribution in [1.82, 2.24) is 0 Å². The number of rotatable bonds is 0. The molecule has 50 valence electrons. The quantitative estimate of drug-likeness (QED) is 0.457. The fourth-order valence-electron chi connectivity index (χ4n) is 0.612. The molecule has 1 aliphatic heterocycles. The van der Waals surface area contributed by atoms with Crippen LogP contribution in [0.15, 0.2) is 0 Å². The third kappa shape index (κ3) is 1.02. The number of hydrogen-bond donors (Lipinski definition) is 0. The van der Waals surface area contributed by atoms with Gasteiger partial charge >= 0.3 is 0 Å². The summed E-state index contributed by atoms with van der Waals surface area (Å²) in [5.74, 6) is 0. The van der Waals surface area contributed by atoms with E-state index in [0.717, 1.165) is 0 Å². The van der Waals surface area contributed by atoms with Crippen molar-refractivity contribution >= 4 is 11.8 Å². The lowest BCUT2D eigenvalue weighted by Crippen LogP contribution is -2.10. The second-order valence-corrected chi connectivity index (χ2v) is 5.37. The van der Waals surface area contributed by atoms with Gasteiger partial charge in [0, 0.05) is 9.49 Å². The largest absolute Gasteiger partial charge is 0.147 e. The van der Waals surface area contributed by atoms with Crippen LogP contribution in [-0.4, -0.2) is 9.49 Å². The molecular formula is C7H16S. The lowest BCUT2D eigenvalue weighted by atomic mass is 10.0. The minimum absolute atomic E-state index is 0. The van der Waals surface area contributed by atoms with E-state index in [4.69, 9.17) is 0 Å². The first-order chi connectivity index (χ1) is 2.96. The molecule has 0 spiro atoms. The van der Waals surface area contributed by atoms with Crippen LogP contribution in [0.5, 0.6) is 0 Å². The predicted molar refractivity (Wildman–Crippen MR) is 42.5 cm³/mol. The van der Waals surface area contributed by atoms with Crippen molar-refractivity contribution in [3.05, 3.63) is 0 Å². The number of hydrogen-bond acceptors (Lipinski definition) is 1. The van der Waals surface area contributed by atoms with Crippen LogP contribution in [0.3, 0.4) is 0 Å². The monoisotopic (exact) mass is 132 g/mol. The molecule has 0 bridgehead atoms. The molecule has 0 unspecified atom stereocenters. The predicted octanol–water partition coefficient (Wildman–Crippen LogP) is 2.93. The molecule has 1 heterocycles. The molecule has 0 aromatic rings. The van der Waals surface area contributed by atoms with Gasteiger partial charge in [0.15, 0.2) is 0 Å². The molecule has 0 nitrogen and oxygen atoms in total. The summed E-state index contributed by atoms with van der Waals surface area (Å²) in [5.41, 5.74) is 0. The highest BCUT2D eigenvalue weighted by atomic mass is 32.2. The molecule has 0 amide bonds. The second kappa shape index (κ2) is 1.66. The van der Waals surface area contributed by atoms with Gasteiger partial charge in [-0.25, -0.2) is 0 Å². The molecule has 1 saturated heterocycles. The van der Waals surface area contributed by atoms with Crippen LogP contribution in [-0.2, 0) is 0 Å². The third-order valence-electron chi connectivity index (χ3n) is 1.92. The molecule has 0 aromatic carbocycles. The zero-order chi connectivity index (χ0) is 5.71. The smallest absolute Gasteiger partial charge is 0.0251 e. The molecule has 8 heavy (non-hydrogen) atoms. The summed E-state index contributed by atoms with van der Waals surface area (Å²) in [7, 11) is 0. The van der Waals surface area contributed by atoms with Crippen LogP contribution in [0, 0.1) is 0 Å². The van der Waals surface area contributed by atoms with E-state index in [1.165, 1.54) is 0 Å². The van der Waals surface area contributed by atoms with Crippen molar-refractivity contribution in [3.63, 3.8) is 0 Å². The maximum atomic E-state index is 2.29. The average molecular weight is 132 g/mol. The zero-order valence-electron chi connectivity index (χ0n) is 5.41. The van der Waals surface area contributed by atoms with Crippen molar-refractivity contribution < 1.29 is 0 Å². The van der Waals surface area contributed by atoms with Gasteiger partial charge in [-0.2, -0.15) is 0 Å². The lowest BCUT2D eigenvalue weighted by Gasteiger charge is -2.00. The fraction of sp³-hybridized carbons (Fsp3) is 1.00. The van der Waals surface area contributed by atoms with E-state index >= 15 is 0 Å². The molecule has 1 heteroatoms. The Hall–Kier alpha value is 0.350. The Labute approximate surface area is 57.1 Å². The average Bonchev–Trinajstić information content (AvgIpc) is 1.63. The molecule has 1 fully saturated rings. The topological polar surface area (TPSA) is 0 Å². The van der Waals surface area contributed by atoms with Crippen molar-refractivity contribution in [2.45, 2.75) is 44.6 Å². The molecule has 0 atom stereocenters. The highest BCUT2D eigenvalue weighted by molar-refractivity contribution is 8.09. The Kier molecular flexibility index (Phi) is 1.74. The first-order valence-corrected chi connectivity index (χ1v) is 3.47. The Morgan fingerprint density at radius 3 is 1.00 bits per heavy atom. The molecule has 0 aliphatic carbocycles. The van der Waals surface area contributed by atoms with Gasteiger partial charge in [0.2, 0.25) is 0 Å². The Morgan fingerprint density at radius 1 is 0.875 bits per heavy atom. The summed E-state index contributed by atoms with van der Waals surface area (Å²) in [6.45, 7) is 9.16. The van der Waals surface area contributed by atoms with Crippen LogP contribution < -0.4 is 0 Å². The van der Waals surface area contributed by atoms with E-state index in [2.05, 4.69) is 39.5 Å². The van der Waals surface area contributed by atoms with Crippen molar-refractivity contribution in [3.8, 4) is 0 Å². The Morgan fingerprint density at radius 2 is 1.00 bits per heavy atom. The van der Waals surface area contributed by atoms with Gasteiger partial charge in [-0.15, -0.1) is 11.8 Å². The molecule has 0 saturated carbocycles. The normalized spacial score (nSPS) is 28.5. The summed E-state index contributed by atoms with van der Waals surface area (Å²) in [6.07, 6.45) is 0. The summed E-state index contributed by atoms with van der Waals surface area (Å²) < 4.78 is 1.12. The van der Waals surface area contributed by atoms with Crippen LogP contribution >= 0.6 is 11.8 Å². The lowest BCUT2D eigenvalue weighted by molar-refractivity contribution is 0.652. The van der Waals surface area contributed by atoms with E-state index in [1.54, 1.807) is 0 Å². The van der Waals surface area contributed by atoms with Gasteiger partial charge < -0.3 is 0 Å². The Balaban J connectivity index is 0.000000490. The van der Waals surface area contributed by atoms with Gasteiger partial charge in [0.25, 0.3) is 0 Å². The van der Waals surface area contributed by atoms with E-state index < -0.39 is 0 Å². The van der Waals surface area contributed by atoms with E-state index in [0.29, 0.717) is 9.49 Å². The fourth-order valence-corrected chi connectivity index (χ4v) is 1.84. The van der Waals surface area contributed by atoms with Gasteiger partial charge in [0.1, 0.15) is 0 Å². The van der Waals surface area contributed by atoms with Crippen molar-refractivity contribution in [2.24, 2.45) is 0 Å². The summed E-state index contributed by atoms with van der Waals surface area (Å²) in [5, 5.41) is 0. The minimum atomic E-state index is 0. The van der Waals surface area contributed by atoms with Gasteiger partial charge in [-0.05, 0) is 27.7 Å². The maximum Gasteiger partial charge on any atom is 0.0251 e. The third-order valence-corrected chi connectivity index (χ3v) is 3.76. The van der Waals surface area contributed by atoms with Crippen molar-refractivity contribution in [1.29, 1.82) is 0 Å². The second-order valence-electron chi connectivity index (χ2n) is 3.12. The highest BCUT2D eigenvalue weighted by Crippen LogP contribution is 2.62. The van der Waals surface area contributed by atoms with Crippen LogP contribution in [0.25, 0.3) is 0 Å². The zero-order valence-corrected chi connectivity index (χ0v) is 6.22. The van der Waals surface area contributed by atoms with Gasteiger partial charge in [-0.1, -0.05) is 7.43 Å². The van der Waals surface area contributed by atoms with Gasteiger partial charge in [-0.3, -0.25) is 0 Å². The Bertz CT molecular complexity index is 80.6. The standard InChI is InChI=1S/C6H12S.CH4/c1-5(2)6(3,4)7-5;/h1-4H3;1H4. The van der Waals surface area contributed by atoms with Crippen LogP contribution in [0.1, 0.15) is 35.1 Å². The minimum Gasteiger partial charge on any atom is -0.147 e. The van der Waals surface area contributed by atoms with Crippen molar-refractivity contribution in [2.75, 3.05) is 0 Å².